The van der Waals surface area contributed by atoms with E-state index in [-0.39, 0.29) is 16.4 Å². The molecule has 0 aromatic heterocycles. The standard InChI is InChI=1S/C32H34F6O2S/c1-2-3-4-5-6-15-39-19-21-7-14-31(41-20-21)23-8-12-26(29(35)17-23)32(37,38)40-24-10-11-25(28(34)18-24)22-9-13-27(33)30(36)16-22/h8-13,16-18,21,31H,2-7,14-15,19-20H2,1H3. The Hall–Kier alpha value is -2.65. The maximum absolute atomic E-state index is 14.9. The third-order valence-electron chi connectivity index (χ3n) is 7.21. The number of ether oxygens (including phenoxy) is 2. The van der Waals surface area contributed by atoms with Gasteiger partial charge in [-0.05, 0) is 78.5 Å². The number of benzene rings is 3. The molecule has 0 spiro atoms. The van der Waals surface area contributed by atoms with Crippen LogP contribution in [0.5, 0.6) is 5.75 Å². The summed E-state index contributed by atoms with van der Waals surface area (Å²) in [4.78, 5) is 0. The Morgan fingerprint density at radius 2 is 1.61 bits per heavy atom. The summed E-state index contributed by atoms with van der Waals surface area (Å²) in [6, 6.07) is 9.27. The average molecular weight is 597 g/mol. The summed E-state index contributed by atoms with van der Waals surface area (Å²) < 4.78 is 96.6. The second-order valence-electron chi connectivity index (χ2n) is 10.4. The van der Waals surface area contributed by atoms with Crippen molar-refractivity contribution >= 4 is 11.8 Å². The van der Waals surface area contributed by atoms with Crippen LogP contribution < -0.4 is 4.74 Å². The van der Waals surface area contributed by atoms with Crippen LogP contribution in [0.25, 0.3) is 11.1 Å². The van der Waals surface area contributed by atoms with Crippen LogP contribution in [0.1, 0.15) is 68.2 Å². The molecule has 222 valence electrons. The van der Waals surface area contributed by atoms with Crippen LogP contribution in [0.3, 0.4) is 0 Å². The van der Waals surface area contributed by atoms with Gasteiger partial charge in [-0.1, -0.05) is 44.7 Å². The highest BCUT2D eigenvalue weighted by atomic mass is 32.2. The summed E-state index contributed by atoms with van der Waals surface area (Å²) in [5.74, 6) is -3.62. The molecule has 0 amide bonds. The lowest BCUT2D eigenvalue weighted by atomic mass is 9.99. The highest BCUT2D eigenvalue weighted by Crippen LogP contribution is 2.42. The third kappa shape index (κ3) is 8.44. The number of rotatable bonds is 13. The summed E-state index contributed by atoms with van der Waals surface area (Å²) in [5, 5.41) is -0.00340. The first-order chi connectivity index (χ1) is 19.7. The van der Waals surface area contributed by atoms with E-state index in [0.29, 0.717) is 24.2 Å². The molecule has 3 aromatic rings. The van der Waals surface area contributed by atoms with Gasteiger partial charge in [0, 0.05) is 23.5 Å². The van der Waals surface area contributed by atoms with E-state index in [9.17, 15) is 26.3 Å². The minimum atomic E-state index is -4.07. The van der Waals surface area contributed by atoms with E-state index in [2.05, 4.69) is 6.92 Å². The fourth-order valence-electron chi connectivity index (χ4n) is 4.89. The van der Waals surface area contributed by atoms with E-state index < -0.39 is 40.7 Å². The van der Waals surface area contributed by atoms with Gasteiger partial charge in [0.15, 0.2) is 11.6 Å². The van der Waals surface area contributed by atoms with Crippen molar-refractivity contribution in [2.24, 2.45) is 5.92 Å². The molecule has 0 bridgehead atoms. The van der Waals surface area contributed by atoms with Crippen molar-refractivity contribution < 1.29 is 35.8 Å². The molecule has 1 aliphatic heterocycles. The van der Waals surface area contributed by atoms with Crippen LogP contribution in [0.2, 0.25) is 0 Å². The molecule has 1 aliphatic rings. The van der Waals surface area contributed by atoms with Gasteiger partial charge < -0.3 is 9.47 Å². The topological polar surface area (TPSA) is 18.5 Å². The Bertz CT molecular complexity index is 1290. The molecule has 41 heavy (non-hydrogen) atoms. The maximum atomic E-state index is 14.9. The second kappa shape index (κ2) is 14.5. The van der Waals surface area contributed by atoms with Gasteiger partial charge in [0.2, 0.25) is 0 Å². The van der Waals surface area contributed by atoms with Gasteiger partial charge >= 0.3 is 6.11 Å². The highest BCUT2D eigenvalue weighted by Gasteiger charge is 2.38. The Morgan fingerprint density at radius 1 is 0.805 bits per heavy atom. The molecule has 3 aromatic carbocycles. The predicted molar refractivity (Wildman–Crippen MR) is 150 cm³/mol. The first-order valence-electron chi connectivity index (χ1n) is 14.0. The lowest BCUT2D eigenvalue weighted by Gasteiger charge is -2.28. The van der Waals surface area contributed by atoms with Crippen molar-refractivity contribution in [1.29, 1.82) is 0 Å². The van der Waals surface area contributed by atoms with Crippen LogP contribution in [0.4, 0.5) is 26.3 Å². The zero-order valence-electron chi connectivity index (χ0n) is 22.9. The van der Waals surface area contributed by atoms with E-state index in [1.54, 1.807) is 11.8 Å². The molecule has 1 saturated heterocycles. The zero-order valence-corrected chi connectivity index (χ0v) is 23.7. The van der Waals surface area contributed by atoms with E-state index in [0.717, 1.165) is 74.1 Å². The second-order valence-corrected chi connectivity index (χ2v) is 11.6. The number of hydrogen-bond acceptors (Lipinski definition) is 3. The van der Waals surface area contributed by atoms with Gasteiger partial charge in [-0.3, -0.25) is 0 Å². The van der Waals surface area contributed by atoms with Crippen LogP contribution in [0.15, 0.2) is 54.6 Å². The fraction of sp³-hybridized carbons (Fsp3) is 0.438. The van der Waals surface area contributed by atoms with Crippen molar-refractivity contribution in [3.8, 4) is 16.9 Å². The summed E-state index contributed by atoms with van der Waals surface area (Å²) in [7, 11) is 0. The molecule has 0 radical (unpaired) electrons. The minimum Gasteiger partial charge on any atom is -0.429 e. The summed E-state index contributed by atoms with van der Waals surface area (Å²) in [6.07, 6.45) is 3.60. The van der Waals surface area contributed by atoms with Gasteiger partial charge in [-0.25, -0.2) is 17.6 Å². The molecule has 2 nitrogen and oxygen atoms in total. The van der Waals surface area contributed by atoms with Crippen molar-refractivity contribution in [2.45, 2.75) is 63.2 Å². The van der Waals surface area contributed by atoms with Gasteiger partial charge in [-0.2, -0.15) is 20.5 Å². The van der Waals surface area contributed by atoms with Crippen molar-refractivity contribution in [3.63, 3.8) is 0 Å². The molecule has 0 aliphatic carbocycles. The van der Waals surface area contributed by atoms with Gasteiger partial charge in [-0.15, -0.1) is 0 Å². The first kappa shape index (κ1) is 31.3. The molecule has 2 atom stereocenters. The Balaban J connectivity index is 1.32. The summed E-state index contributed by atoms with van der Waals surface area (Å²) in [6.45, 7) is 3.65. The summed E-state index contributed by atoms with van der Waals surface area (Å²) in [5.41, 5.74) is -0.434. The molecule has 1 heterocycles. The largest absolute Gasteiger partial charge is 0.429 e. The van der Waals surface area contributed by atoms with Gasteiger partial charge in [0.25, 0.3) is 0 Å². The van der Waals surface area contributed by atoms with E-state index in [1.807, 2.05) is 0 Å². The number of thioether (sulfide) groups is 1. The SMILES string of the molecule is CCCCCCCOCC1CCC(c2ccc(C(F)(F)Oc3ccc(-c4ccc(F)c(F)c4)c(F)c3)c(F)c2)SC1. The van der Waals surface area contributed by atoms with Gasteiger partial charge in [0.05, 0.1) is 12.2 Å². The molecule has 2 unspecified atom stereocenters. The molecule has 0 saturated carbocycles. The minimum absolute atomic E-state index is 0.00340. The number of halogens is 6. The Labute approximate surface area is 241 Å². The monoisotopic (exact) mass is 596 g/mol. The van der Waals surface area contributed by atoms with E-state index in [4.69, 9.17) is 9.47 Å². The predicted octanol–water partition coefficient (Wildman–Crippen LogP) is 10.2. The van der Waals surface area contributed by atoms with Crippen LogP contribution in [-0.4, -0.2) is 19.0 Å². The lowest BCUT2D eigenvalue weighted by Crippen LogP contribution is -2.24. The van der Waals surface area contributed by atoms with Crippen molar-refractivity contribution in [1.82, 2.24) is 0 Å². The van der Waals surface area contributed by atoms with Crippen LogP contribution >= 0.6 is 11.8 Å². The van der Waals surface area contributed by atoms with E-state index >= 15 is 0 Å². The fourth-order valence-corrected chi connectivity index (χ4v) is 6.29. The maximum Gasteiger partial charge on any atom is 0.429 e. The van der Waals surface area contributed by atoms with Crippen molar-refractivity contribution in [2.75, 3.05) is 19.0 Å². The van der Waals surface area contributed by atoms with E-state index in [1.165, 1.54) is 31.7 Å². The zero-order chi connectivity index (χ0) is 29.4. The molecule has 0 N–H and O–H groups in total. The van der Waals surface area contributed by atoms with Gasteiger partial charge in [0.1, 0.15) is 17.4 Å². The molecule has 9 heteroatoms. The van der Waals surface area contributed by atoms with Crippen LogP contribution in [-0.2, 0) is 10.8 Å². The molecule has 4 rings (SSSR count). The first-order valence-corrected chi connectivity index (χ1v) is 15.0. The molecule has 1 fully saturated rings. The molecular weight excluding hydrogens is 562 g/mol. The Kier molecular flexibility index (Phi) is 11.1. The quantitative estimate of drug-likeness (QED) is 0.145. The smallest absolute Gasteiger partial charge is 0.429 e. The average Bonchev–Trinajstić information content (AvgIpc) is 2.94. The van der Waals surface area contributed by atoms with Crippen molar-refractivity contribution in [3.05, 3.63) is 89.0 Å². The molecular formula is C32H34F6O2S. The number of alkyl halides is 2. The number of unbranched alkanes of at least 4 members (excludes halogenated alkanes) is 4. The lowest BCUT2D eigenvalue weighted by molar-refractivity contribution is -0.187. The number of hydrogen-bond donors (Lipinski definition) is 0. The normalized spacial score (nSPS) is 17.5. The summed E-state index contributed by atoms with van der Waals surface area (Å²) >= 11 is 1.68. The third-order valence-corrected chi connectivity index (χ3v) is 8.79. The van der Waals surface area contributed by atoms with Crippen LogP contribution in [0, 0.1) is 29.2 Å². The Morgan fingerprint density at radius 3 is 2.29 bits per heavy atom. The highest BCUT2D eigenvalue weighted by molar-refractivity contribution is 7.99.